The molecule has 0 aliphatic heterocycles. The Kier molecular flexibility index (Phi) is 63.5. The Morgan fingerprint density at radius 3 is 0.988 bits per heavy atom. The van der Waals surface area contributed by atoms with Crippen molar-refractivity contribution in [2.24, 2.45) is 0 Å². The van der Waals surface area contributed by atoms with Crippen LogP contribution < -0.4 is 4.89 Å². The van der Waals surface area contributed by atoms with Crippen LogP contribution in [-0.2, 0) is 32.7 Å². The van der Waals surface area contributed by atoms with Crippen LogP contribution in [0.3, 0.4) is 0 Å². The highest BCUT2D eigenvalue weighted by atomic mass is 31.2. The highest BCUT2D eigenvalue weighted by Crippen LogP contribution is 2.38. The summed E-state index contributed by atoms with van der Waals surface area (Å²) < 4.78 is 34.3. The first-order valence-electron chi connectivity index (χ1n) is 35.6. The molecule has 0 aromatic heterocycles. The SMILES string of the molecule is CC/C=C\C/C=C\C/C=C\C/C=C\C/C=C\C/C=C\CCCCCCCCCCCCCCC(=O)OC(COC(=O)CCCCCCCCCCCCCCCCCC/C=C\C/C=C\C/C=C\CCCCCCC)COP(=O)([O-])OCC[N+](C)(C)C. The molecule has 0 radical (unpaired) electrons. The minimum Gasteiger partial charge on any atom is -0.756 e. The van der Waals surface area contributed by atoms with Gasteiger partial charge in [0.15, 0.2) is 6.10 Å². The molecule has 0 saturated carbocycles. The van der Waals surface area contributed by atoms with Crippen LogP contribution >= 0.6 is 7.82 Å². The third-order valence-corrected chi connectivity index (χ3v) is 16.2. The van der Waals surface area contributed by atoms with Crippen molar-refractivity contribution < 1.29 is 42.1 Å². The third kappa shape index (κ3) is 69.8. The minimum absolute atomic E-state index is 0.0346. The number of carbonyl (C=O) groups excluding carboxylic acids is 2. The van der Waals surface area contributed by atoms with E-state index in [2.05, 4.69) is 123 Å². The fraction of sp³-hybridized carbons (Fsp3) is 0.737. The van der Waals surface area contributed by atoms with E-state index in [-0.39, 0.29) is 32.0 Å². The number of phosphoric acid groups is 1. The molecule has 0 heterocycles. The van der Waals surface area contributed by atoms with Crippen molar-refractivity contribution >= 4 is 19.8 Å². The standard InChI is InChI=1S/C76H134NO8P/c1-6-8-10-12-14-16-18-20-22-24-26-28-30-32-34-36-38-40-42-44-46-48-50-52-54-56-58-60-62-64-66-68-75(78)82-72-74(73-84-86(80,81)83-71-70-77(3,4)5)85-76(79)69-67-65-63-61-59-57-55-53-51-49-47-45-43-41-39-37-35-33-31-29-27-25-23-21-19-17-15-13-11-9-7-2/h9,11,15,17-18,20-21,23-24,26-27,29-30,32-33,35,39,41,74H,6-8,10,12-14,16,19,22,25,28,31,34,36-38,40,42-73H2,1-5H3/b11-9-,17-15-,20-18-,23-21-,26-24-,29-27-,32-30-,35-33-,41-39-. The van der Waals surface area contributed by atoms with Crippen molar-refractivity contribution in [3.8, 4) is 0 Å². The lowest BCUT2D eigenvalue weighted by molar-refractivity contribution is -0.870. The van der Waals surface area contributed by atoms with Crippen LogP contribution in [0.4, 0.5) is 0 Å². The zero-order chi connectivity index (χ0) is 62.6. The van der Waals surface area contributed by atoms with Gasteiger partial charge in [0.05, 0.1) is 27.7 Å². The number of quaternary nitrogens is 1. The molecule has 496 valence electrons. The van der Waals surface area contributed by atoms with Gasteiger partial charge in [-0.05, 0) is 103 Å². The quantitative estimate of drug-likeness (QED) is 0.0195. The van der Waals surface area contributed by atoms with Gasteiger partial charge in [0.25, 0.3) is 7.82 Å². The number of carbonyl (C=O) groups is 2. The van der Waals surface area contributed by atoms with Crippen molar-refractivity contribution in [1.29, 1.82) is 0 Å². The second kappa shape index (κ2) is 66.1. The van der Waals surface area contributed by atoms with Crippen LogP contribution in [0.25, 0.3) is 0 Å². The molecule has 0 aliphatic carbocycles. The summed E-state index contributed by atoms with van der Waals surface area (Å²) in [5.74, 6) is -0.830. The zero-order valence-corrected chi connectivity index (χ0v) is 57.4. The van der Waals surface area contributed by atoms with Gasteiger partial charge in [0.2, 0.25) is 0 Å². The van der Waals surface area contributed by atoms with Gasteiger partial charge in [-0.15, -0.1) is 0 Å². The number of unbranched alkanes of at least 4 members (excludes halogenated alkanes) is 33. The van der Waals surface area contributed by atoms with Gasteiger partial charge in [-0.25, -0.2) is 0 Å². The second-order valence-corrected chi connectivity index (χ2v) is 26.3. The van der Waals surface area contributed by atoms with Crippen molar-refractivity contribution in [3.63, 3.8) is 0 Å². The van der Waals surface area contributed by atoms with Gasteiger partial charge in [0, 0.05) is 12.8 Å². The Labute approximate surface area is 531 Å². The summed E-state index contributed by atoms with van der Waals surface area (Å²) in [6.45, 7) is 4.14. The molecule has 0 spiro atoms. The number of esters is 2. The van der Waals surface area contributed by atoms with Gasteiger partial charge in [-0.2, -0.15) is 0 Å². The summed E-state index contributed by atoms with van der Waals surface area (Å²) in [6, 6.07) is 0. The topological polar surface area (TPSA) is 111 Å². The highest BCUT2D eigenvalue weighted by Gasteiger charge is 2.22. The molecule has 0 saturated heterocycles. The first kappa shape index (κ1) is 82.7. The Morgan fingerprint density at radius 1 is 0.372 bits per heavy atom. The lowest BCUT2D eigenvalue weighted by Crippen LogP contribution is -2.37. The maximum atomic E-state index is 12.9. The second-order valence-electron chi connectivity index (χ2n) is 24.9. The van der Waals surface area contributed by atoms with E-state index >= 15 is 0 Å². The Morgan fingerprint density at radius 2 is 0.663 bits per heavy atom. The third-order valence-electron chi connectivity index (χ3n) is 15.3. The van der Waals surface area contributed by atoms with Gasteiger partial charge >= 0.3 is 11.9 Å². The van der Waals surface area contributed by atoms with Crippen LogP contribution in [0.2, 0.25) is 0 Å². The van der Waals surface area contributed by atoms with Gasteiger partial charge in [-0.3, -0.25) is 14.2 Å². The molecule has 9 nitrogen and oxygen atoms in total. The number of likely N-dealkylation sites (N-methyl/N-ethyl adjacent to an activating group) is 1. The normalized spacial score (nSPS) is 13.8. The van der Waals surface area contributed by atoms with Crippen molar-refractivity contribution in [3.05, 3.63) is 109 Å². The zero-order valence-electron chi connectivity index (χ0n) is 56.5. The smallest absolute Gasteiger partial charge is 0.306 e. The van der Waals surface area contributed by atoms with Crippen LogP contribution in [0.15, 0.2) is 109 Å². The van der Waals surface area contributed by atoms with E-state index in [0.29, 0.717) is 17.4 Å². The molecule has 0 amide bonds. The fourth-order valence-electron chi connectivity index (χ4n) is 9.85. The van der Waals surface area contributed by atoms with E-state index in [1.54, 1.807) is 0 Å². The lowest BCUT2D eigenvalue weighted by Gasteiger charge is -2.28. The average Bonchev–Trinajstić information content (AvgIpc) is 3.56. The summed E-state index contributed by atoms with van der Waals surface area (Å²) in [5.41, 5.74) is 0. The molecule has 86 heavy (non-hydrogen) atoms. The van der Waals surface area contributed by atoms with E-state index in [4.69, 9.17) is 18.5 Å². The first-order valence-corrected chi connectivity index (χ1v) is 37.1. The number of hydrogen-bond acceptors (Lipinski definition) is 8. The van der Waals surface area contributed by atoms with E-state index < -0.39 is 26.5 Å². The first-order chi connectivity index (χ1) is 42.0. The molecule has 0 aliphatic rings. The summed E-state index contributed by atoms with van der Waals surface area (Å²) >= 11 is 0. The van der Waals surface area contributed by atoms with E-state index in [9.17, 15) is 19.0 Å². The molecule has 0 aromatic carbocycles. The van der Waals surface area contributed by atoms with Gasteiger partial charge in [0.1, 0.15) is 19.8 Å². The molecular formula is C76H134NO8P. The number of allylic oxidation sites excluding steroid dienone is 18. The molecule has 0 rings (SSSR count). The van der Waals surface area contributed by atoms with E-state index in [1.807, 2.05) is 21.1 Å². The fourth-order valence-corrected chi connectivity index (χ4v) is 10.6. The van der Waals surface area contributed by atoms with E-state index in [0.717, 1.165) is 89.9 Å². The molecule has 2 unspecified atom stereocenters. The largest absolute Gasteiger partial charge is 0.756 e. The molecular weight excluding hydrogens is 1090 g/mol. The monoisotopic (exact) mass is 1220 g/mol. The number of nitrogens with zero attached hydrogens (tertiary/aromatic N) is 1. The Bertz CT molecular complexity index is 1820. The molecule has 0 bridgehead atoms. The van der Waals surface area contributed by atoms with Gasteiger partial charge < -0.3 is 27.9 Å². The average molecular weight is 1220 g/mol. The number of ether oxygens (including phenoxy) is 2. The number of phosphoric ester groups is 1. The Balaban J connectivity index is 4.06. The summed E-state index contributed by atoms with van der Waals surface area (Å²) in [6.07, 6.45) is 93.1. The van der Waals surface area contributed by atoms with Crippen molar-refractivity contribution in [2.45, 2.75) is 315 Å². The number of hydrogen-bond donors (Lipinski definition) is 0. The molecule has 2 atom stereocenters. The molecule has 0 aromatic rings. The number of rotatable bonds is 65. The molecule has 0 fully saturated rings. The minimum atomic E-state index is -4.65. The van der Waals surface area contributed by atoms with Crippen molar-refractivity contribution in [1.82, 2.24) is 0 Å². The lowest BCUT2D eigenvalue weighted by atomic mass is 10.0. The van der Waals surface area contributed by atoms with Crippen LogP contribution in [0.5, 0.6) is 0 Å². The maximum absolute atomic E-state index is 12.9. The van der Waals surface area contributed by atoms with Crippen LogP contribution in [0.1, 0.15) is 309 Å². The highest BCUT2D eigenvalue weighted by molar-refractivity contribution is 7.45. The van der Waals surface area contributed by atoms with Crippen LogP contribution in [-0.4, -0.2) is 70.0 Å². The summed E-state index contributed by atoms with van der Waals surface area (Å²) in [4.78, 5) is 38.1. The van der Waals surface area contributed by atoms with E-state index in [1.165, 1.54) is 186 Å². The Hall–Kier alpha value is -3.33. The van der Waals surface area contributed by atoms with Crippen molar-refractivity contribution in [2.75, 3.05) is 47.5 Å². The molecule has 10 heteroatoms. The summed E-state index contributed by atoms with van der Waals surface area (Å²) in [7, 11) is 1.16. The molecule has 0 N–H and O–H groups in total. The van der Waals surface area contributed by atoms with Crippen LogP contribution in [0, 0.1) is 0 Å². The predicted octanol–water partition coefficient (Wildman–Crippen LogP) is 22.6. The maximum Gasteiger partial charge on any atom is 0.306 e. The van der Waals surface area contributed by atoms with Gasteiger partial charge in [-0.1, -0.05) is 303 Å². The summed E-state index contributed by atoms with van der Waals surface area (Å²) in [5, 5.41) is 0. The predicted molar refractivity (Wildman–Crippen MR) is 369 cm³/mol.